The van der Waals surface area contributed by atoms with E-state index in [2.05, 4.69) is 0 Å². The molecule has 0 aliphatic rings. The highest BCUT2D eigenvalue weighted by Gasteiger charge is 2.11. The monoisotopic (exact) mass is 287 g/mol. The predicted molar refractivity (Wildman–Crippen MR) is 78.3 cm³/mol. The highest BCUT2D eigenvalue weighted by Crippen LogP contribution is 2.25. The molecule has 21 heavy (non-hydrogen) atoms. The summed E-state index contributed by atoms with van der Waals surface area (Å²) in [5.41, 5.74) is 1.51. The normalized spacial score (nSPS) is 11.0. The lowest BCUT2D eigenvalue weighted by molar-refractivity contribution is 0.307. The van der Waals surface area contributed by atoms with Gasteiger partial charge in [0, 0.05) is 23.7 Å². The molecule has 0 unspecified atom stereocenters. The largest absolute Gasteiger partial charge is 0.489 e. The molecule has 3 aromatic rings. The van der Waals surface area contributed by atoms with Gasteiger partial charge in [-0.1, -0.05) is 12.1 Å². The third-order valence-electron chi connectivity index (χ3n) is 3.48. The maximum absolute atomic E-state index is 14.0. The molecule has 0 N–H and O–H groups in total. The Morgan fingerprint density at radius 2 is 1.81 bits per heavy atom. The Morgan fingerprint density at radius 1 is 1.05 bits per heavy atom. The molecule has 0 spiro atoms. The van der Waals surface area contributed by atoms with Gasteiger partial charge in [0.25, 0.3) is 0 Å². The summed E-state index contributed by atoms with van der Waals surface area (Å²) in [5, 5.41) is 0.846. The van der Waals surface area contributed by atoms with Crippen molar-refractivity contribution in [3.05, 3.63) is 65.9 Å². The zero-order valence-corrected chi connectivity index (χ0v) is 11.6. The second kappa shape index (κ2) is 5.56. The molecule has 0 saturated heterocycles. The molecular formula is C17H15F2NO. The fraction of sp³-hybridized carbons (Fsp3) is 0.176. The van der Waals surface area contributed by atoms with Crippen molar-refractivity contribution in [3.8, 4) is 5.75 Å². The van der Waals surface area contributed by atoms with Gasteiger partial charge in [0.2, 0.25) is 0 Å². The van der Waals surface area contributed by atoms with Crippen molar-refractivity contribution in [2.45, 2.75) is 20.1 Å². The Labute approximate surface area is 121 Å². The standard InChI is InChI=1S/C17H15F2NO/c1-2-20-10-12(15-4-3-5-16(19)17(15)20)11-21-14-8-6-13(18)7-9-14/h3-10H,2,11H2,1H3. The van der Waals surface area contributed by atoms with Gasteiger partial charge in [0.15, 0.2) is 0 Å². The molecule has 0 atom stereocenters. The lowest BCUT2D eigenvalue weighted by atomic mass is 10.2. The quantitative estimate of drug-likeness (QED) is 0.688. The molecule has 0 saturated carbocycles. The first-order valence-electron chi connectivity index (χ1n) is 6.83. The molecule has 0 aliphatic carbocycles. The van der Waals surface area contributed by atoms with Crippen LogP contribution in [0.2, 0.25) is 0 Å². The number of hydrogen-bond donors (Lipinski definition) is 0. The van der Waals surface area contributed by atoms with Crippen molar-refractivity contribution < 1.29 is 13.5 Å². The Kier molecular flexibility index (Phi) is 3.60. The maximum Gasteiger partial charge on any atom is 0.147 e. The van der Waals surface area contributed by atoms with E-state index in [4.69, 9.17) is 4.74 Å². The zero-order valence-electron chi connectivity index (χ0n) is 11.6. The van der Waals surface area contributed by atoms with Gasteiger partial charge in [-0.25, -0.2) is 8.78 Å². The van der Waals surface area contributed by atoms with Gasteiger partial charge in [-0.05, 0) is 37.3 Å². The highest BCUT2D eigenvalue weighted by molar-refractivity contribution is 5.84. The van der Waals surface area contributed by atoms with Crippen LogP contribution in [-0.4, -0.2) is 4.57 Å². The van der Waals surface area contributed by atoms with Crippen LogP contribution >= 0.6 is 0 Å². The molecule has 0 amide bonds. The van der Waals surface area contributed by atoms with Crippen LogP contribution in [0.3, 0.4) is 0 Å². The number of rotatable bonds is 4. The van der Waals surface area contributed by atoms with Crippen molar-refractivity contribution in [3.63, 3.8) is 0 Å². The van der Waals surface area contributed by atoms with E-state index in [0.29, 0.717) is 24.4 Å². The molecule has 4 heteroatoms. The number of para-hydroxylation sites is 1. The van der Waals surface area contributed by atoms with Gasteiger partial charge < -0.3 is 9.30 Å². The number of hydrogen-bond acceptors (Lipinski definition) is 1. The molecule has 2 nitrogen and oxygen atoms in total. The van der Waals surface area contributed by atoms with Gasteiger partial charge in [-0.15, -0.1) is 0 Å². The van der Waals surface area contributed by atoms with Crippen LogP contribution in [-0.2, 0) is 13.2 Å². The number of ether oxygens (including phenoxy) is 1. The SMILES string of the molecule is CCn1cc(COc2ccc(F)cc2)c2cccc(F)c21. The van der Waals surface area contributed by atoms with Crippen LogP contribution in [0.25, 0.3) is 10.9 Å². The molecule has 0 aliphatic heterocycles. The van der Waals surface area contributed by atoms with Crippen molar-refractivity contribution in [2.75, 3.05) is 0 Å². The minimum atomic E-state index is -0.299. The Bertz CT molecular complexity index is 762. The molecular weight excluding hydrogens is 272 g/mol. The van der Waals surface area contributed by atoms with Gasteiger partial charge in [-0.2, -0.15) is 0 Å². The summed E-state index contributed by atoms with van der Waals surface area (Å²) >= 11 is 0. The molecule has 1 aromatic heterocycles. The second-order valence-electron chi connectivity index (χ2n) is 4.82. The van der Waals surface area contributed by atoms with Crippen LogP contribution in [0, 0.1) is 11.6 Å². The Hall–Kier alpha value is -2.36. The lowest BCUT2D eigenvalue weighted by Crippen LogP contribution is -1.95. The molecule has 0 fully saturated rings. The summed E-state index contributed by atoms with van der Waals surface area (Å²) in [6.07, 6.45) is 1.90. The summed E-state index contributed by atoms with van der Waals surface area (Å²) in [5.74, 6) is 0.0552. The van der Waals surface area contributed by atoms with E-state index in [0.717, 1.165) is 10.9 Å². The minimum Gasteiger partial charge on any atom is -0.489 e. The molecule has 0 radical (unpaired) electrons. The molecule has 2 aromatic carbocycles. The second-order valence-corrected chi connectivity index (χ2v) is 4.82. The van der Waals surface area contributed by atoms with Crippen LogP contribution < -0.4 is 4.74 Å². The predicted octanol–water partition coefficient (Wildman–Crippen LogP) is 4.52. The topological polar surface area (TPSA) is 14.2 Å². The third-order valence-corrected chi connectivity index (χ3v) is 3.48. The molecule has 3 rings (SSSR count). The first-order valence-corrected chi connectivity index (χ1v) is 6.83. The van der Waals surface area contributed by atoms with E-state index in [1.165, 1.54) is 18.2 Å². The molecule has 1 heterocycles. The molecule has 0 bridgehead atoms. The maximum atomic E-state index is 14.0. The van der Waals surface area contributed by atoms with E-state index in [9.17, 15) is 8.78 Å². The van der Waals surface area contributed by atoms with E-state index in [1.807, 2.05) is 23.8 Å². The molecule has 108 valence electrons. The van der Waals surface area contributed by atoms with Gasteiger partial charge in [0.05, 0.1) is 5.52 Å². The van der Waals surface area contributed by atoms with E-state index in [-0.39, 0.29) is 11.6 Å². The van der Waals surface area contributed by atoms with Gasteiger partial charge >= 0.3 is 0 Å². The number of nitrogens with zero attached hydrogens (tertiary/aromatic N) is 1. The van der Waals surface area contributed by atoms with Crippen molar-refractivity contribution in [1.82, 2.24) is 4.57 Å². The summed E-state index contributed by atoms with van der Waals surface area (Å²) < 4.78 is 34.3. The van der Waals surface area contributed by atoms with Crippen LogP contribution in [0.4, 0.5) is 8.78 Å². The van der Waals surface area contributed by atoms with Crippen LogP contribution in [0.5, 0.6) is 5.75 Å². The first-order chi connectivity index (χ1) is 10.2. The zero-order chi connectivity index (χ0) is 14.8. The van der Waals surface area contributed by atoms with Gasteiger partial charge in [-0.3, -0.25) is 0 Å². The number of aryl methyl sites for hydroxylation is 1. The number of fused-ring (bicyclic) bond motifs is 1. The van der Waals surface area contributed by atoms with Crippen molar-refractivity contribution in [2.24, 2.45) is 0 Å². The number of benzene rings is 2. The average Bonchev–Trinajstić information content (AvgIpc) is 2.86. The summed E-state index contributed by atoms with van der Waals surface area (Å²) in [7, 11) is 0. The summed E-state index contributed by atoms with van der Waals surface area (Å²) in [4.78, 5) is 0. The summed E-state index contributed by atoms with van der Waals surface area (Å²) in [6, 6.07) is 10.9. The smallest absolute Gasteiger partial charge is 0.147 e. The van der Waals surface area contributed by atoms with E-state index < -0.39 is 0 Å². The van der Waals surface area contributed by atoms with E-state index >= 15 is 0 Å². The highest BCUT2D eigenvalue weighted by atomic mass is 19.1. The number of aromatic nitrogens is 1. The van der Waals surface area contributed by atoms with Crippen molar-refractivity contribution in [1.29, 1.82) is 0 Å². The van der Waals surface area contributed by atoms with Gasteiger partial charge in [0.1, 0.15) is 24.0 Å². The number of halogens is 2. The average molecular weight is 287 g/mol. The summed E-state index contributed by atoms with van der Waals surface area (Å²) in [6.45, 7) is 2.98. The lowest BCUT2D eigenvalue weighted by Gasteiger charge is -2.05. The van der Waals surface area contributed by atoms with E-state index in [1.54, 1.807) is 18.2 Å². The Morgan fingerprint density at radius 3 is 2.52 bits per heavy atom. The fourth-order valence-corrected chi connectivity index (χ4v) is 2.44. The Balaban J connectivity index is 1.90. The first kappa shape index (κ1) is 13.6. The van der Waals surface area contributed by atoms with Crippen molar-refractivity contribution >= 4 is 10.9 Å². The van der Waals surface area contributed by atoms with Crippen LogP contribution in [0.1, 0.15) is 12.5 Å². The van der Waals surface area contributed by atoms with Crippen LogP contribution in [0.15, 0.2) is 48.7 Å². The third kappa shape index (κ3) is 2.61. The fourth-order valence-electron chi connectivity index (χ4n) is 2.44. The minimum absolute atomic E-state index is 0.234.